The van der Waals surface area contributed by atoms with Gasteiger partial charge in [-0.2, -0.15) is 0 Å². The Balaban J connectivity index is 1.95. The first-order chi connectivity index (χ1) is 9.29. The zero-order valence-electron chi connectivity index (χ0n) is 10.1. The van der Waals surface area contributed by atoms with E-state index in [1.807, 2.05) is 18.2 Å². The molecule has 0 bridgehead atoms. The van der Waals surface area contributed by atoms with Crippen molar-refractivity contribution in [3.05, 3.63) is 52.0 Å². The van der Waals surface area contributed by atoms with Crippen LogP contribution in [0, 0.1) is 11.8 Å². The number of aliphatic hydroxyl groups is 1. The number of thiophene rings is 1. The number of nitrogens with zero attached hydrogens (tertiary/aromatic N) is 1. The van der Waals surface area contributed by atoms with Gasteiger partial charge < -0.3 is 10.4 Å². The standard InChI is InChI=1S/C14H12N2O2S/c17-7-3-5-13-8-11(10-19-13)14(18)16-9-12-4-1-2-6-15-12/h1-2,4,6,8,10,17H,7,9H2,(H,16,18). The molecule has 0 aliphatic heterocycles. The summed E-state index contributed by atoms with van der Waals surface area (Å²) in [6.07, 6.45) is 1.69. The maximum Gasteiger partial charge on any atom is 0.252 e. The zero-order chi connectivity index (χ0) is 13.5. The molecule has 0 aliphatic carbocycles. The highest BCUT2D eigenvalue weighted by Crippen LogP contribution is 2.13. The second-order valence-corrected chi connectivity index (χ2v) is 4.57. The van der Waals surface area contributed by atoms with Gasteiger partial charge in [-0.1, -0.05) is 17.9 Å². The van der Waals surface area contributed by atoms with Gasteiger partial charge in [0.2, 0.25) is 0 Å². The lowest BCUT2D eigenvalue weighted by molar-refractivity contribution is 0.0951. The van der Waals surface area contributed by atoms with Crippen molar-refractivity contribution < 1.29 is 9.90 Å². The van der Waals surface area contributed by atoms with Crippen molar-refractivity contribution in [2.75, 3.05) is 6.61 Å². The van der Waals surface area contributed by atoms with Crippen LogP contribution in [0.4, 0.5) is 0 Å². The maximum atomic E-state index is 11.9. The summed E-state index contributed by atoms with van der Waals surface area (Å²) in [6.45, 7) is 0.215. The fourth-order valence-corrected chi connectivity index (χ4v) is 2.18. The minimum Gasteiger partial charge on any atom is -0.384 e. The van der Waals surface area contributed by atoms with E-state index >= 15 is 0 Å². The molecule has 2 heterocycles. The monoisotopic (exact) mass is 272 g/mol. The van der Waals surface area contributed by atoms with E-state index in [4.69, 9.17) is 5.11 Å². The van der Waals surface area contributed by atoms with Crippen LogP contribution in [0.25, 0.3) is 0 Å². The Labute approximate surface area is 115 Å². The zero-order valence-corrected chi connectivity index (χ0v) is 10.9. The first-order valence-corrected chi connectivity index (χ1v) is 6.54. The summed E-state index contributed by atoms with van der Waals surface area (Å²) < 4.78 is 0. The summed E-state index contributed by atoms with van der Waals surface area (Å²) in [6, 6.07) is 7.27. The number of hydrogen-bond acceptors (Lipinski definition) is 4. The lowest BCUT2D eigenvalue weighted by Crippen LogP contribution is -2.22. The topological polar surface area (TPSA) is 62.2 Å². The third kappa shape index (κ3) is 3.91. The molecule has 0 radical (unpaired) electrons. The molecule has 0 atom stereocenters. The summed E-state index contributed by atoms with van der Waals surface area (Å²) in [5.41, 5.74) is 1.38. The van der Waals surface area contributed by atoms with E-state index in [-0.39, 0.29) is 12.5 Å². The van der Waals surface area contributed by atoms with Gasteiger partial charge in [0, 0.05) is 11.6 Å². The average molecular weight is 272 g/mol. The molecule has 0 spiro atoms. The number of nitrogens with one attached hydrogen (secondary N) is 1. The molecule has 0 fully saturated rings. The lowest BCUT2D eigenvalue weighted by atomic mass is 10.3. The molecule has 96 valence electrons. The van der Waals surface area contributed by atoms with Crippen LogP contribution in [-0.2, 0) is 6.54 Å². The summed E-state index contributed by atoms with van der Waals surface area (Å²) in [7, 11) is 0. The van der Waals surface area contributed by atoms with Gasteiger partial charge in [0.1, 0.15) is 6.61 Å². The van der Waals surface area contributed by atoms with Crippen molar-refractivity contribution in [3.8, 4) is 11.8 Å². The Hall–Kier alpha value is -2.16. The van der Waals surface area contributed by atoms with Crippen molar-refractivity contribution in [2.24, 2.45) is 0 Å². The van der Waals surface area contributed by atoms with Crippen LogP contribution in [-0.4, -0.2) is 22.6 Å². The van der Waals surface area contributed by atoms with E-state index < -0.39 is 0 Å². The molecule has 2 aromatic rings. The van der Waals surface area contributed by atoms with Crippen molar-refractivity contribution >= 4 is 17.2 Å². The molecule has 4 nitrogen and oxygen atoms in total. The van der Waals surface area contributed by atoms with Crippen molar-refractivity contribution in [1.29, 1.82) is 0 Å². The summed E-state index contributed by atoms with van der Waals surface area (Å²) in [5.74, 6) is 5.16. The van der Waals surface area contributed by atoms with Crippen LogP contribution in [0.3, 0.4) is 0 Å². The predicted octanol–water partition coefficient (Wildman–Crippen LogP) is 1.42. The highest BCUT2D eigenvalue weighted by Gasteiger charge is 2.07. The number of rotatable bonds is 3. The second kappa shape index (κ2) is 6.69. The Bertz CT molecular complexity index is 611. The number of carbonyl (C=O) groups excluding carboxylic acids is 1. The molecule has 0 unspecified atom stereocenters. The fraction of sp³-hybridized carbons (Fsp3) is 0.143. The van der Waals surface area contributed by atoms with Gasteiger partial charge in [-0.3, -0.25) is 9.78 Å². The number of amides is 1. The van der Waals surface area contributed by atoms with E-state index in [2.05, 4.69) is 22.1 Å². The molecule has 2 N–H and O–H groups in total. The molecular formula is C14H12N2O2S. The van der Waals surface area contributed by atoms with E-state index in [9.17, 15) is 4.79 Å². The number of aromatic nitrogens is 1. The minimum absolute atomic E-state index is 0.154. The van der Waals surface area contributed by atoms with Gasteiger partial charge in [0.15, 0.2) is 0 Å². The molecule has 0 aliphatic rings. The molecule has 0 aromatic carbocycles. The minimum atomic E-state index is -0.181. The Morgan fingerprint density at radius 2 is 2.37 bits per heavy atom. The van der Waals surface area contributed by atoms with Gasteiger partial charge in [0.25, 0.3) is 5.91 Å². The van der Waals surface area contributed by atoms with Crippen LogP contribution in [0.1, 0.15) is 20.9 Å². The molecule has 0 saturated carbocycles. The molecule has 0 saturated heterocycles. The third-order valence-corrected chi connectivity index (χ3v) is 3.15. The number of pyridine rings is 1. The van der Waals surface area contributed by atoms with Gasteiger partial charge in [0.05, 0.1) is 22.7 Å². The normalized spacial score (nSPS) is 9.53. The predicted molar refractivity (Wildman–Crippen MR) is 73.7 cm³/mol. The second-order valence-electron chi connectivity index (χ2n) is 3.66. The van der Waals surface area contributed by atoms with Crippen molar-refractivity contribution in [3.63, 3.8) is 0 Å². The highest BCUT2D eigenvalue weighted by molar-refractivity contribution is 7.10. The lowest BCUT2D eigenvalue weighted by Gasteiger charge is -2.02. The first kappa shape index (κ1) is 13.3. The molecule has 2 rings (SSSR count). The maximum absolute atomic E-state index is 11.9. The highest BCUT2D eigenvalue weighted by atomic mass is 32.1. The smallest absolute Gasteiger partial charge is 0.252 e. The van der Waals surface area contributed by atoms with E-state index in [0.717, 1.165) is 10.6 Å². The van der Waals surface area contributed by atoms with Crippen LogP contribution in [0.15, 0.2) is 35.8 Å². The molecular weight excluding hydrogens is 260 g/mol. The summed E-state index contributed by atoms with van der Waals surface area (Å²) >= 11 is 1.38. The van der Waals surface area contributed by atoms with Crippen molar-refractivity contribution in [2.45, 2.75) is 6.54 Å². The SMILES string of the molecule is O=C(NCc1ccccn1)c1csc(C#CCO)c1. The summed E-state index contributed by atoms with van der Waals surface area (Å²) in [4.78, 5) is 16.8. The number of aliphatic hydroxyl groups excluding tert-OH is 1. The summed E-state index contributed by atoms with van der Waals surface area (Å²) in [5, 5.41) is 13.1. The average Bonchev–Trinajstić information content (AvgIpc) is 2.92. The third-order valence-electron chi connectivity index (χ3n) is 2.31. The van der Waals surface area contributed by atoms with Crippen molar-refractivity contribution in [1.82, 2.24) is 10.3 Å². The van der Waals surface area contributed by atoms with Crippen LogP contribution in [0.2, 0.25) is 0 Å². The van der Waals surface area contributed by atoms with Gasteiger partial charge in [-0.05, 0) is 18.2 Å². The fourth-order valence-electron chi connectivity index (χ4n) is 1.42. The first-order valence-electron chi connectivity index (χ1n) is 5.66. The van der Waals surface area contributed by atoms with E-state index in [1.165, 1.54) is 11.3 Å². The molecule has 19 heavy (non-hydrogen) atoms. The van der Waals surface area contributed by atoms with Gasteiger partial charge >= 0.3 is 0 Å². The van der Waals surface area contributed by atoms with Gasteiger partial charge in [-0.25, -0.2) is 0 Å². The quantitative estimate of drug-likeness (QED) is 0.831. The van der Waals surface area contributed by atoms with E-state index in [1.54, 1.807) is 17.6 Å². The Morgan fingerprint density at radius 3 is 3.11 bits per heavy atom. The van der Waals surface area contributed by atoms with Crippen LogP contribution in [0.5, 0.6) is 0 Å². The van der Waals surface area contributed by atoms with Crippen LogP contribution >= 0.6 is 11.3 Å². The number of hydrogen-bond donors (Lipinski definition) is 2. The van der Waals surface area contributed by atoms with E-state index in [0.29, 0.717) is 12.1 Å². The molecule has 2 aromatic heterocycles. The molecule has 1 amide bonds. The number of carbonyl (C=O) groups is 1. The Kier molecular flexibility index (Phi) is 4.67. The Morgan fingerprint density at radius 1 is 1.47 bits per heavy atom. The largest absolute Gasteiger partial charge is 0.384 e. The van der Waals surface area contributed by atoms with Crippen LogP contribution < -0.4 is 5.32 Å². The van der Waals surface area contributed by atoms with Gasteiger partial charge in [-0.15, -0.1) is 11.3 Å². The molecule has 5 heteroatoms.